The van der Waals surface area contributed by atoms with Crippen molar-refractivity contribution in [1.29, 1.82) is 0 Å². The van der Waals surface area contributed by atoms with Crippen molar-refractivity contribution in [1.82, 2.24) is 4.90 Å². The minimum atomic E-state index is -0.279. The molecule has 1 fully saturated rings. The second-order valence-electron chi connectivity index (χ2n) is 7.22. The molecule has 0 unspecified atom stereocenters. The average Bonchev–Trinajstić information content (AvgIpc) is 3.07. The van der Waals surface area contributed by atoms with Crippen LogP contribution in [0.1, 0.15) is 16.7 Å². The van der Waals surface area contributed by atoms with E-state index in [2.05, 4.69) is 15.9 Å². The Morgan fingerprint density at radius 2 is 1.76 bits per heavy atom. The summed E-state index contributed by atoms with van der Waals surface area (Å²) in [6, 6.07) is 19.3. The van der Waals surface area contributed by atoms with E-state index >= 15 is 0 Å². The Bertz CT molecular complexity index is 1210. The van der Waals surface area contributed by atoms with Crippen molar-refractivity contribution >= 4 is 56.2 Å². The number of carbonyl (C=O) groups is 1. The Balaban J connectivity index is 1.43. The number of methoxy groups -OCH3 is 1. The lowest BCUT2D eigenvalue weighted by Gasteiger charge is -2.14. The van der Waals surface area contributed by atoms with Gasteiger partial charge in [-0.15, -0.1) is 0 Å². The zero-order valence-electron chi connectivity index (χ0n) is 17.6. The number of rotatable bonds is 7. The molecule has 1 saturated heterocycles. The minimum Gasteiger partial charge on any atom is -0.497 e. The van der Waals surface area contributed by atoms with E-state index in [1.165, 1.54) is 23.9 Å². The van der Waals surface area contributed by atoms with Crippen LogP contribution in [0, 0.1) is 5.82 Å². The topological polar surface area (TPSA) is 38.8 Å². The van der Waals surface area contributed by atoms with E-state index < -0.39 is 0 Å². The zero-order chi connectivity index (χ0) is 23.4. The van der Waals surface area contributed by atoms with Gasteiger partial charge in [0, 0.05) is 0 Å². The number of thiocarbonyl (C=S) groups is 1. The summed E-state index contributed by atoms with van der Waals surface area (Å²) in [5, 5.41) is 0. The van der Waals surface area contributed by atoms with Crippen molar-refractivity contribution in [2.45, 2.75) is 13.2 Å². The Hall–Kier alpha value is -2.68. The minimum absolute atomic E-state index is 0.117. The molecule has 0 bridgehead atoms. The smallest absolute Gasteiger partial charge is 0.266 e. The van der Waals surface area contributed by atoms with E-state index in [0.717, 1.165) is 26.9 Å². The lowest BCUT2D eigenvalue weighted by Crippen LogP contribution is -2.27. The molecule has 3 aromatic carbocycles. The first-order valence-corrected chi connectivity index (χ1v) is 12.0. The zero-order valence-corrected chi connectivity index (χ0v) is 20.8. The maximum absolute atomic E-state index is 13.0. The number of ether oxygens (including phenoxy) is 2. The molecule has 3 aromatic rings. The Kier molecular flexibility index (Phi) is 7.47. The highest BCUT2D eigenvalue weighted by atomic mass is 79.9. The third-order valence-corrected chi connectivity index (χ3v) is 6.93. The molecule has 4 nitrogen and oxygen atoms in total. The normalized spacial score (nSPS) is 14.8. The summed E-state index contributed by atoms with van der Waals surface area (Å²) in [6.07, 6.45) is 1.82. The Morgan fingerprint density at radius 1 is 1.06 bits per heavy atom. The molecule has 33 heavy (non-hydrogen) atoms. The van der Waals surface area contributed by atoms with Gasteiger partial charge >= 0.3 is 0 Å². The van der Waals surface area contributed by atoms with Gasteiger partial charge in [0.25, 0.3) is 5.91 Å². The van der Waals surface area contributed by atoms with E-state index in [0.29, 0.717) is 28.1 Å². The summed E-state index contributed by atoms with van der Waals surface area (Å²) >= 11 is 10.3. The number of hydrogen-bond acceptors (Lipinski definition) is 5. The van der Waals surface area contributed by atoms with Crippen LogP contribution in [-0.2, 0) is 17.9 Å². The second kappa shape index (κ2) is 10.5. The van der Waals surface area contributed by atoms with E-state index in [1.54, 1.807) is 24.1 Å². The van der Waals surface area contributed by atoms with Crippen molar-refractivity contribution in [3.05, 3.63) is 98.6 Å². The lowest BCUT2D eigenvalue weighted by molar-refractivity contribution is -0.122. The molecule has 4 rings (SSSR count). The molecule has 0 atom stereocenters. The molecule has 0 aromatic heterocycles. The van der Waals surface area contributed by atoms with Crippen LogP contribution in [0.3, 0.4) is 0 Å². The van der Waals surface area contributed by atoms with Crippen LogP contribution < -0.4 is 9.47 Å². The average molecular weight is 544 g/mol. The van der Waals surface area contributed by atoms with Crippen molar-refractivity contribution < 1.29 is 18.7 Å². The quantitative estimate of drug-likeness (QED) is 0.248. The third kappa shape index (κ3) is 5.82. The van der Waals surface area contributed by atoms with Crippen LogP contribution in [0.4, 0.5) is 4.39 Å². The molecule has 0 spiro atoms. The maximum Gasteiger partial charge on any atom is 0.266 e. The summed E-state index contributed by atoms with van der Waals surface area (Å²) in [5.74, 6) is 1.02. The summed E-state index contributed by atoms with van der Waals surface area (Å²) in [4.78, 5) is 15.1. The molecule has 1 aliphatic rings. The van der Waals surface area contributed by atoms with Crippen LogP contribution in [0.5, 0.6) is 11.5 Å². The number of carbonyl (C=O) groups excluding carboxylic acids is 1. The number of thioether (sulfide) groups is 1. The number of nitrogens with zero attached hydrogens (tertiary/aromatic N) is 1. The van der Waals surface area contributed by atoms with Gasteiger partial charge in [0.1, 0.15) is 28.2 Å². The van der Waals surface area contributed by atoms with E-state index in [9.17, 15) is 9.18 Å². The molecule has 8 heteroatoms. The number of amides is 1. The summed E-state index contributed by atoms with van der Waals surface area (Å²) < 4.78 is 25.3. The predicted octanol–water partition coefficient (Wildman–Crippen LogP) is 6.58. The molecule has 168 valence electrons. The fourth-order valence-corrected chi connectivity index (χ4v) is 4.93. The third-order valence-electron chi connectivity index (χ3n) is 4.93. The van der Waals surface area contributed by atoms with Crippen LogP contribution in [0.2, 0.25) is 0 Å². The van der Waals surface area contributed by atoms with Gasteiger partial charge in [-0.2, -0.15) is 0 Å². The number of halogens is 2. The summed E-state index contributed by atoms with van der Waals surface area (Å²) in [7, 11) is 1.62. The van der Waals surface area contributed by atoms with Gasteiger partial charge in [-0.05, 0) is 75.1 Å². The van der Waals surface area contributed by atoms with Crippen LogP contribution in [-0.4, -0.2) is 22.2 Å². The first-order valence-electron chi connectivity index (χ1n) is 9.98. The lowest BCUT2D eigenvalue weighted by atomic mass is 10.2. The fraction of sp³-hybridized carbons (Fsp3) is 0.120. The molecule has 0 aliphatic carbocycles. The second-order valence-corrected chi connectivity index (χ2v) is 9.75. The van der Waals surface area contributed by atoms with Gasteiger partial charge in [0.2, 0.25) is 0 Å². The molecule has 1 aliphatic heterocycles. The highest BCUT2D eigenvalue weighted by molar-refractivity contribution is 9.10. The molecular weight excluding hydrogens is 525 g/mol. The maximum atomic E-state index is 13.0. The molecular formula is C25H19BrFNO3S2. The Morgan fingerprint density at radius 3 is 2.42 bits per heavy atom. The van der Waals surface area contributed by atoms with E-state index in [4.69, 9.17) is 21.7 Å². The molecule has 0 saturated carbocycles. The Labute approximate surface area is 209 Å². The first-order chi connectivity index (χ1) is 15.9. The van der Waals surface area contributed by atoms with Crippen molar-refractivity contribution in [3.8, 4) is 11.5 Å². The summed E-state index contributed by atoms with van der Waals surface area (Å²) in [5.41, 5.74) is 2.69. The van der Waals surface area contributed by atoms with Crippen LogP contribution in [0.25, 0.3) is 6.08 Å². The largest absolute Gasteiger partial charge is 0.497 e. The highest BCUT2D eigenvalue weighted by Crippen LogP contribution is 2.35. The van der Waals surface area contributed by atoms with Gasteiger partial charge in [0.15, 0.2) is 0 Å². The monoisotopic (exact) mass is 543 g/mol. The van der Waals surface area contributed by atoms with E-state index in [1.807, 2.05) is 48.5 Å². The molecule has 0 N–H and O–H groups in total. The van der Waals surface area contributed by atoms with Crippen molar-refractivity contribution in [3.63, 3.8) is 0 Å². The van der Waals surface area contributed by atoms with Gasteiger partial charge in [-0.25, -0.2) is 4.39 Å². The van der Waals surface area contributed by atoms with Gasteiger partial charge < -0.3 is 9.47 Å². The van der Waals surface area contributed by atoms with Crippen LogP contribution >= 0.6 is 39.9 Å². The SMILES string of the molecule is COc1ccc(CN2C(=O)C(=Cc3ccc(OCc4ccc(F)cc4)c(Br)c3)SC2=S)cc1. The van der Waals surface area contributed by atoms with E-state index in [-0.39, 0.29) is 11.7 Å². The van der Waals surface area contributed by atoms with Crippen molar-refractivity contribution in [2.24, 2.45) is 0 Å². The van der Waals surface area contributed by atoms with Gasteiger partial charge in [-0.1, -0.05) is 54.3 Å². The first kappa shape index (κ1) is 23.5. The summed E-state index contributed by atoms with van der Waals surface area (Å²) in [6.45, 7) is 0.730. The van der Waals surface area contributed by atoms with Crippen LogP contribution in [0.15, 0.2) is 76.1 Å². The number of hydrogen-bond donors (Lipinski definition) is 0. The highest BCUT2D eigenvalue weighted by Gasteiger charge is 2.32. The molecule has 1 amide bonds. The predicted molar refractivity (Wildman–Crippen MR) is 137 cm³/mol. The van der Waals surface area contributed by atoms with Gasteiger partial charge in [-0.3, -0.25) is 9.69 Å². The van der Waals surface area contributed by atoms with Crippen molar-refractivity contribution in [2.75, 3.05) is 7.11 Å². The standard InChI is InChI=1S/C25H19BrFNO3S2/c1-30-20-9-4-16(5-10-20)14-28-24(29)23(33-25(28)32)13-18-6-11-22(21(26)12-18)31-15-17-2-7-19(27)8-3-17/h2-13H,14-15H2,1H3. The van der Waals surface area contributed by atoms with Gasteiger partial charge in [0.05, 0.1) is 23.0 Å². The number of benzene rings is 3. The molecule has 0 radical (unpaired) electrons. The molecule has 1 heterocycles. The fourth-order valence-electron chi connectivity index (χ4n) is 3.17.